The van der Waals surface area contributed by atoms with Crippen LogP contribution < -0.4 is 10.6 Å². The minimum absolute atomic E-state index is 0.163. The lowest BCUT2D eigenvalue weighted by molar-refractivity contribution is -0.115. The lowest BCUT2D eigenvalue weighted by Gasteiger charge is -2.17. The number of nitrogens with zero attached hydrogens (tertiary/aromatic N) is 1. The molecule has 3 rings (SSSR count). The van der Waals surface area contributed by atoms with Gasteiger partial charge in [0.25, 0.3) is 0 Å². The van der Waals surface area contributed by atoms with Gasteiger partial charge in [-0.1, -0.05) is 37.8 Å². The Balaban J connectivity index is 1.51. The number of benzene rings is 1. The van der Waals surface area contributed by atoms with Gasteiger partial charge in [0.05, 0.1) is 18.3 Å². The quantitative estimate of drug-likeness (QED) is 0.785. The van der Waals surface area contributed by atoms with Crippen LogP contribution in [0.5, 0.6) is 0 Å². The predicted octanol–water partition coefficient (Wildman–Crippen LogP) is 4.54. The highest BCUT2D eigenvalue weighted by molar-refractivity contribution is 5.91. The SMILES string of the molecule is O=C(Cc1ccc(F)cc1)Nc1ccc(NC2CCCCCC2)cn1. The molecule has 5 heteroatoms. The van der Waals surface area contributed by atoms with Crippen molar-refractivity contribution in [3.05, 3.63) is 54.0 Å². The second-order valence-electron chi connectivity index (χ2n) is 6.62. The highest BCUT2D eigenvalue weighted by Gasteiger charge is 2.12. The van der Waals surface area contributed by atoms with Gasteiger partial charge in [0.15, 0.2) is 0 Å². The van der Waals surface area contributed by atoms with Crippen molar-refractivity contribution < 1.29 is 9.18 Å². The Morgan fingerprint density at radius 2 is 1.76 bits per heavy atom. The number of anilines is 2. The number of aromatic nitrogens is 1. The van der Waals surface area contributed by atoms with E-state index in [1.807, 2.05) is 12.1 Å². The fourth-order valence-corrected chi connectivity index (χ4v) is 3.19. The van der Waals surface area contributed by atoms with Crippen molar-refractivity contribution in [1.29, 1.82) is 0 Å². The van der Waals surface area contributed by atoms with E-state index in [0.29, 0.717) is 11.9 Å². The number of amides is 1. The molecule has 1 aliphatic carbocycles. The lowest BCUT2D eigenvalue weighted by atomic mass is 10.1. The van der Waals surface area contributed by atoms with Crippen molar-refractivity contribution >= 4 is 17.4 Å². The van der Waals surface area contributed by atoms with Gasteiger partial charge in [-0.25, -0.2) is 9.37 Å². The van der Waals surface area contributed by atoms with Crippen LogP contribution in [0.1, 0.15) is 44.1 Å². The largest absolute Gasteiger partial charge is 0.381 e. The summed E-state index contributed by atoms with van der Waals surface area (Å²) in [5.74, 6) is 0.0599. The number of nitrogens with one attached hydrogen (secondary N) is 2. The Hall–Kier alpha value is -2.43. The molecule has 0 aliphatic heterocycles. The summed E-state index contributed by atoms with van der Waals surface area (Å²) in [6, 6.07) is 10.2. The zero-order chi connectivity index (χ0) is 17.5. The zero-order valence-electron chi connectivity index (χ0n) is 14.3. The van der Waals surface area contributed by atoms with Gasteiger partial charge in [-0.3, -0.25) is 4.79 Å². The van der Waals surface area contributed by atoms with Crippen LogP contribution in [0.25, 0.3) is 0 Å². The first-order valence-corrected chi connectivity index (χ1v) is 8.96. The van der Waals surface area contributed by atoms with Crippen LogP contribution in [-0.4, -0.2) is 16.9 Å². The Kier molecular flexibility index (Phi) is 5.99. The molecule has 2 aromatic rings. The van der Waals surface area contributed by atoms with Crippen molar-refractivity contribution in [3.63, 3.8) is 0 Å². The van der Waals surface area contributed by atoms with Gasteiger partial charge in [-0.05, 0) is 42.7 Å². The van der Waals surface area contributed by atoms with Gasteiger partial charge in [0.1, 0.15) is 11.6 Å². The first-order chi connectivity index (χ1) is 12.2. The Morgan fingerprint density at radius 1 is 1.04 bits per heavy atom. The first kappa shape index (κ1) is 17.4. The lowest BCUT2D eigenvalue weighted by Crippen LogP contribution is -2.19. The van der Waals surface area contributed by atoms with Crippen LogP contribution in [0.2, 0.25) is 0 Å². The van der Waals surface area contributed by atoms with Crippen LogP contribution in [-0.2, 0) is 11.2 Å². The highest BCUT2D eigenvalue weighted by Crippen LogP contribution is 2.21. The topological polar surface area (TPSA) is 54.0 Å². The standard InChI is InChI=1S/C20H24FN3O/c21-16-9-7-15(8-10-16)13-20(25)24-19-12-11-18(14-22-19)23-17-5-3-1-2-4-6-17/h7-12,14,17,23H,1-6,13H2,(H,22,24,25). The Labute approximate surface area is 147 Å². The van der Waals surface area contributed by atoms with E-state index in [1.54, 1.807) is 18.3 Å². The number of halogens is 1. The van der Waals surface area contributed by atoms with Gasteiger partial charge >= 0.3 is 0 Å². The van der Waals surface area contributed by atoms with Gasteiger partial charge in [-0.2, -0.15) is 0 Å². The fourth-order valence-electron chi connectivity index (χ4n) is 3.19. The molecule has 1 saturated carbocycles. The maximum Gasteiger partial charge on any atom is 0.229 e. The third kappa shape index (κ3) is 5.55. The normalized spacial score (nSPS) is 15.4. The molecule has 2 N–H and O–H groups in total. The van der Waals surface area contributed by atoms with Gasteiger partial charge in [0, 0.05) is 6.04 Å². The van der Waals surface area contributed by atoms with E-state index < -0.39 is 0 Å². The molecule has 0 saturated heterocycles. The third-order valence-electron chi connectivity index (χ3n) is 4.53. The molecule has 1 aromatic carbocycles. The molecule has 4 nitrogen and oxygen atoms in total. The summed E-state index contributed by atoms with van der Waals surface area (Å²) in [5.41, 5.74) is 1.76. The average Bonchev–Trinajstić information content (AvgIpc) is 2.87. The Morgan fingerprint density at radius 3 is 2.40 bits per heavy atom. The maximum absolute atomic E-state index is 12.9. The summed E-state index contributed by atoms with van der Waals surface area (Å²) in [4.78, 5) is 16.4. The molecular formula is C20H24FN3O. The molecule has 0 radical (unpaired) electrons. The van der Waals surface area contributed by atoms with Crippen LogP contribution in [0.15, 0.2) is 42.6 Å². The maximum atomic E-state index is 12.9. The molecule has 132 valence electrons. The van der Waals surface area contributed by atoms with E-state index in [0.717, 1.165) is 11.3 Å². The summed E-state index contributed by atoms with van der Waals surface area (Å²) < 4.78 is 12.9. The zero-order valence-corrected chi connectivity index (χ0v) is 14.3. The third-order valence-corrected chi connectivity index (χ3v) is 4.53. The van der Waals surface area contributed by atoms with Gasteiger partial charge in [-0.15, -0.1) is 0 Å². The summed E-state index contributed by atoms with van der Waals surface area (Å²) in [5, 5.41) is 6.31. The molecule has 1 aromatic heterocycles. The van der Waals surface area contributed by atoms with Gasteiger partial charge < -0.3 is 10.6 Å². The van der Waals surface area contributed by atoms with Crippen molar-refractivity contribution in [3.8, 4) is 0 Å². The van der Waals surface area contributed by atoms with Crippen molar-refractivity contribution in [2.45, 2.75) is 51.0 Å². The molecule has 0 unspecified atom stereocenters. The van der Waals surface area contributed by atoms with E-state index in [1.165, 1.54) is 50.7 Å². The molecule has 1 amide bonds. The minimum atomic E-state index is -0.303. The van der Waals surface area contributed by atoms with E-state index in [4.69, 9.17) is 0 Å². The van der Waals surface area contributed by atoms with Crippen LogP contribution in [0.3, 0.4) is 0 Å². The molecular weight excluding hydrogens is 317 g/mol. The molecule has 1 heterocycles. The minimum Gasteiger partial charge on any atom is -0.381 e. The summed E-state index contributed by atoms with van der Waals surface area (Å²) in [6.45, 7) is 0. The van der Waals surface area contributed by atoms with Crippen LogP contribution in [0, 0.1) is 5.82 Å². The van der Waals surface area contributed by atoms with E-state index in [2.05, 4.69) is 15.6 Å². The molecule has 25 heavy (non-hydrogen) atoms. The van der Waals surface area contributed by atoms with E-state index in [-0.39, 0.29) is 18.1 Å². The van der Waals surface area contributed by atoms with Crippen LogP contribution >= 0.6 is 0 Å². The smallest absolute Gasteiger partial charge is 0.229 e. The fraction of sp³-hybridized carbons (Fsp3) is 0.400. The predicted molar refractivity (Wildman–Crippen MR) is 98.1 cm³/mol. The van der Waals surface area contributed by atoms with Crippen molar-refractivity contribution in [1.82, 2.24) is 4.98 Å². The number of rotatable bonds is 5. The Bertz CT molecular complexity index is 677. The van der Waals surface area contributed by atoms with E-state index >= 15 is 0 Å². The number of carbonyl (C=O) groups excluding carboxylic acids is 1. The second kappa shape index (κ2) is 8.60. The number of carbonyl (C=O) groups is 1. The number of hydrogen-bond donors (Lipinski definition) is 2. The summed E-state index contributed by atoms with van der Waals surface area (Å²) >= 11 is 0. The van der Waals surface area contributed by atoms with E-state index in [9.17, 15) is 9.18 Å². The summed E-state index contributed by atoms with van der Waals surface area (Å²) in [6.07, 6.45) is 9.59. The van der Waals surface area contributed by atoms with Gasteiger partial charge in [0.2, 0.25) is 5.91 Å². The average molecular weight is 341 g/mol. The highest BCUT2D eigenvalue weighted by atomic mass is 19.1. The molecule has 1 aliphatic rings. The van der Waals surface area contributed by atoms with Crippen molar-refractivity contribution in [2.75, 3.05) is 10.6 Å². The molecule has 0 spiro atoms. The summed E-state index contributed by atoms with van der Waals surface area (Å²) in [7, 11) is 0. The second-order valence-corrected chi connectivity index (χ2v) is 6.62. The van der Waals surface area contributed by atoms with Crippen molar-refractivity contribution in [2.24, 2.45) is 0 Å². The first-order valence-electron chi connectivity index (χ1n) is 8.96. The number of hydrogen-bond acceptors (Lipinski definition) is 3. The molecule has 1 fully saturated rings. The monoisotopic (exact) mass is 341 g/mol. The molecule has 0 atom stereocenters. The molecule has 0 bridgehead atoms. The van der Waals surface area contributed by atoms with Crippen LogP contribution in [0.4, 0.5) is 15.9 Å². The number of pyridine rings is 1.